The van der Waals surface area contributed by atoms with Gasteiger partial charge in [0.05, 0.1) is 5.56 Å². The molecule has 0 amide bonds. The SMILES string of the molecule is C/C=C/CCc1ccc(OC(=O)c2ccc(C=Cc3ccc(C[C@@H](C)c4ccccc4)cc3)cc2)cc1. The molecule has 4 aromatic carbocycles. The number of ether oxygens (including phenoxy) is 1. The van der Waals surface area contributed by atoms with Crippen molar-refractivity contribution < 1.29 is 9.53 Å². The number of hydrogen-bond acceptors (Lipinski definition) is 2. The molecule has 0 N–H and O–H groups in total. The summed E-state index contributed by atoms with van der Waals surface area (Å²) < 4.78 is 5.55. The normalized spacial score (nSPS) is 12.2. The summed E-state index contributed by atoms with van der Waals surface area (Å²) in [5, 5.41) is 0. The average molecular weight is 487 g/mol. The predicted octanol–water partition coefficient (Wildman–Crippen LogP) is 8.93. The van der Waals surface area contributed by atoms with Crippen molar-refractivity contribution in [2.75, 3.05) is 0 Å². The first kappa shape index (κ1) is 25.9. The molecule has 0 fully saturated rings. The highest BCUT2D eigenvalue weighted by Gasteiger charge is 2.09. The lowest BCUT2D eigenvalue weighted by atomic mass is 9.93. The van der Waals surface area contributed by atoms with Crippen LogP contribution in [0.1, 0.15) is 64.4 Å². The molecule has 0 aliphatic rings. The fourth-order valence-corrected chi connectivity index (χ4v) is 4.25. The van der Waals surface area contributed by atoms with Gasteiger partial charge in [0.25, 0.3) is 0 Å². The Bertz CT molecular complexity index is 1310. The van der Waals surface area contributed by atoms with Crippen LogP contribution in [0.15, 0.2) is 115 Å². The van der Waals surface area contributed by atoms with Crippen LogP contribution >= 0.6 is 0 Å². The van der Waals surface area contributed by atoms with E-state index in [0.29, 0.717) is 17.2 Å². The van der Waals surface area contributed by atoms with Crippen molar-refractivity contribution in [2.45, 2.75) is 39.0 Å². The molecular weight excluding hydrogens is 452 g/mol. The van der Waals surface area contributed by atoms with E-state index < -0.39 is 0 Å². The van der Waals surface area contributed by atoms with Crippen LogP contribution in [-0.2, 0) is 12.8 Å². The van der Waals surface area contributed by atoms with E-state index in [9.17, 15) is 4.79 Å². The summed E-state index contributed by atoms with van der Waals surface area (Å²) in [6.07, 6.45) is 11.4. The summed E-state index contributed by atoms with van der Waals surface area (Å²) in [4.78, 5) is 12.5. The molecular formula is C35H34O2. The molecule has 0 saturated heterocycles. The van der Waals surface area contributed by atoms with E-state index in [4.69, 9.17) is 4.74 Å². The molecule has 0 aliphatic heterocycles. The Morgan fingerprint density at radius 1 is 0.757 bits per heavy atom. The molecule has 1 atom stereocenters. The van der Waals surface area contributed by atoms with Gasteiger partial charge in [0.1, 0.15) is 5.75 Å². The number of carbonyl (C=O) groups is 1. The first-order valence-corrected chi connectivity index (χ1v) is 12.9. The Kier molecular flexibility index (Phi) is 9.26. The Hall–Kier alpha value is -4.17. The maximum atomic E-state index is 12.5. The summed E-state index contributed by atoms with van der Waals surface area (Å²) in [7, 11) is 0. The van der Waals surface area contributed by atoms with Gasteiger partial charge >= 0.3 is 5.97 Å². The van der Waals surface area contributed by atoms with E-state index in [1.165, 1.54) is 16.7 Å². The van der Waals surface area contributed by atoms with Crippen LogP contribution in [0.4, 0.5) is 0 Å². The highest BCUT2D eigenvalue weighted by Crippen LogP contribution is 2.21. The quantitative estimate of drug-likeness (QED) is 0.0968. The maximum Gasteiger partial charge on any atom is 0.343 e. The van der Waals surface area contributed by atoms with Gasteiger partial charge in [0.2, 0.25) is 0 Å². The van der Waals surface area contributed by atoms with Crippen molar-refractivity contribution in [3.05, 3.63) is 149 Å². The second-order valence-corrected chi connectivity index (χ2v) is 9.35. The zero-order valence-electron chi connectivity index (χ0n) is 21.6. The third-order valence-corrected chi connectivity index (χ3v) is 6.47. The molecule has 2 nitrogen and oxygen atoms in total. The monoisotopic (exact) mass is 486 g/mol. The number of carbonyl (C=O) groups excluding carboxylic acids is 1. The summed E-state index contributed by atoms with van der Waals surface area (Å²) >= 11 is 0. The van der Waals surface area contributed by atoms with Gasteiger partial charge in [0, 0.05) is 0 Å². The Labute approximate surface area is 221 Å². The highest BCUT2D eigenvalue weighted by molar-refractivity contribution is 5.91. The van der Waals surface area contributed by atoms with Crippen LogP contribution in [0.5, 0.6) is 5.75 Å². The van der Waals surface area contributed by atoms with Crippen LogP contribution in [0.3, 0.4) is 0 Å². The van der Waals surface area contributed by atoms with E-state index in [0.717, 1.165) is 30.4 Å². The van der Waals surface area contributed by atoms with E-state index in [1.54, 1.807) is 0 Å². The Morgan fingerprint density at radius 2 is 1.35 bits per heavy atom. The summed E-state index contributed by atoms with van der Waals surface area (Å²) in [5.74, 6) is 0.697. The summed E-state index contributed by atoms with van der Waals surface area (Å²) in [6, 6.07) is 34.6. The molecule has 0 aromatic heterocycles. The largest absolute Gasteiger partial charge is 0.423 e. The molecule has 2 heteroatoms. The van der Waals surface area contributed by atoms with Crippen LogP contribution in [0.2, 0.25) is 0 Å². The van der Waals surface area contributed by atoms with Crippen molar-refractivity contribution in [3.8, 4) is 5.75 Å². The fourth-order valence-electron chi connectivity index (χ4n) is 4.25. The molecule has 186 valence electrons. The molecule has 0 saturated carbocycles. The number of rotatable bonds is 10. The Morgan fingerprint density at radius 3 is 1.97 bits per heavy atom. The lowest BCUT2D eigenvalue weighted by molar-refractivity contribution is 0.0734. The zero-order valence-corrected chi connectivity index (χ0v) is 21.6. The first-order chi connectivity index (χ1) is 18.1. The van der Waals surface area contributed by atoms with Gasteiger partial charge in [-0.2, -0.15) is 0 Å². The van der Waals surface area contributed by atoms with E-state index >= 15 is 0 Å². The van der Waals surface area contributed by atoms with Crippen molar-refractivity contribution in [1.82, 2.24) is 0 Å². The maximum absolute atomic E-state index is 12.5. The molecule has 37 heavy (non-hydrogen) atoms. The standard InChI is InChI=1S/C35H34O2/c1-3-4-6-9-28-20-24-34(25-21-28)37-35(36)33-22-18-30(19-23-33)13-12-29-14-16-31(17-15-29)26-27(2)32-10-7-5-8-11-32/h3-5,7-8,10-25,27H,6,9,26H2,1-2H3/b4-3+,13-12?/t27-/m1/s1. The smallest absolute Gasteiger partial charge is 0.343 e. The lowest BCUT2D eigenvalue weighted by Gasteiger charge is -2.12. The topological polar surface area (TPSA) is 26.3 Å². The molecule has 4 aromatic rings. The number of benzene rings is 4. The molecule has 0 radical (unpaired) electrons. The van der Waals surface area contributed by atoms with Crippen LogP contribution in [-0.4, -0.2) is 5.97 Å². The minimum Gasteiger partial charge on any atom is -0.423 e. The van der Waals surface area contributed by atoms with Gasteiger partial charge in [-0.3, -0.25) is 0 Å². The Balaban J connectivity index is 1.29. The molecule has 0 aliphatic carbocycles. The van der Waals surface area contributed by atoms with Crippen LogP contribution in [0.25, 0.3) is 12.2 Å². The summed E-state index contributed by atoms with van der Waals surface area (Å²) in [5.41, 5.74) is 6.64. The predicted molar refractivity (Wildman–Crippen MR) is 155 cm³/mol. The van der Waals surface area contributed by atoms with Crippen molar-refractivity contribution in [3.63, 3.8) is 0 Å². The van der Waals surface area contributed by atoms with Crippen LogP contribution in [0, 0.1) is 0 Å². The van der Waals surface area contributed by atoms with E-state index in [1.807, 2.05) is 55.5 Å². The number of esters is 1. The van der Waals surface area contributed by atoms with Crippen molar-refractivity contribution >= 4 is 18.1 Å². The van der Waals surface area contributed by atoms with Gasteiger partial charge in [-0.05, 0) is 84.2 Å². The van der Waals surface area contributed by atoms with Gasteiger partial charge in [-0.1, -0.05) is 110 Å². The molecule has 0 unspecified atom stereocenters. The van der Waals surface area contributed by atoms with Gasteiger partial charge < -0.3 is 4.74 Å². The molecule has 0 bridgehead atoms. The van der Waals surface area contributed by atoms with Crippen LogP contribution < -0.4 is 4.74 Å². The molecule has 0 spiro atoms. The average Bonchev–Trinajstić information content (AvgIpc) is 2.94. The van der Waals surface area contributed by atoms with E-state index in [2.05, 4.69) is 85.8 Å². The third kappa shape index (κ3) is 7.91. The second-order valence-electron chi connectivity index (χ2n) is 9.35. The number of aryl methyl sites for hydroxylation is 1. The van der Waals surface area contributed by atoms with Crippen molar-refractivity contribution in [1.29, 1.82) is 0 Å². The number of allylic oxidation sites excluding steroid dienone is 2. The lowest BCUT2D eigenvalue weighted by Crippen LogP contribution is -2.08. The van der Waals surface area contributed by atoms with Gasteiger partial charge in [-0.15, -0.1) is 0 Å². The van der Waals surface area contributed by atoms with Gasteiger partial charge in [0.15, 0.2) is 0 Å². The second kappa shape index (κ2) is 13.2. The summed E-state index contributed by atoms with van der Waals surface area (Å²) in [6.45, 7) is 4.30. The van der Waals surface area contributed by atoms with Crippen molar-refractivity contribution in [2.24, 2.45) is 0 Å². The molecule has 0 heterocycles. The van der Waals surface area contributed by atoms with E-state index in [-0.39, 0.29) is 5.97 Å². The third-order valence-electron chi connectivity index (χ3n) is 6.47. The fraction of sp³-hybridized carbons (Fsp3) is 0.171. The minimum atomic E-state index is -0.350. The molecule has 4 rings (SSSR count). The zero-order chi connectivity index (χ0) is 25.9. The first-order valence-electron chi connectivity index (χ1n) is 12.9. The minimum absolute atomic E-state index is 0.350. The number of hydrogen-bond donors (Lipinski definition) is 0. The van der Waals surface area contributed by atoms with Gasteiger partial charge in [-0.25, -0.2) is 4.79 Å². The highest BCUT2D eigenvalue weighted by atomic mass is 16.5.